The largest absolute Gasteiger partial charge is 0.457 e. The van der Waals surface area contributed by atoms with Gasteiger partial charge in [0, 0.05) is 18.9 Å². The lowest BCUT2D eigenvalue weighted by molar-refractivity contribution is -0.216. The van der Waals surface area contributed by atoms with Gasteiger partial charge in [0.2, 0.25) is 0 Å². The van der Waals surface area contributed by atoms with Crippen LogP contribution in [0.3, 0.4) is 0 Å². The van der Waals surface area contributed by atoms with E-state index < -0.39 is 29.9 Å². The molecule has 3 N–H and O–H groups in total. The minimum atomic E-state index is -1.24. The van der Waals surface area contributed by atoms with Crippen LogP contribution in [0.1, 0.15) is 107 Å². The number of hydrogen-bond donors (Lipinski definition) is 3. The topological polar surface area (TPSA) is 97.2 Å². The zero-order chi connectivity index (χ0) is 30.7. The van der Waals surface area contributed by atoms with Crippen LogP contribution in [0.2, 0.25) is 0 Å². The molecule has 5 aliphatic carbocycles. The highest BCUT2D eigenvalue weighted by Crippen LogP contribution is 2.89. The standard InChI is InChI=1S/C35H59NO6/c1-20-18-22(29(31(5,6)39)41-21(2)37)42-27-26(20)32(7)14-15-35-19-34(35)13-12-25(40-17-16-36-9)30(3,4)23(34)10-11-24(35)33(32,8)28(27)38/h20,22-29,36,38-39H,10-19H2,1-9H3/t20-,22-,23?,24+,25+,26+,27?,28+,29+,32-,33-,34?,35+/m1/s1. The fraction of sp³-hybridized carbons (Fsp3) is 0.971. The van der Waals surface area contributed by atoms with E-state index in [2.05, 4.69) is 39.9 Å². The summed E-state index contributed by atoms with van der Waals surface area (Å²) in [4.78, 5) is 12.0. The van der Waals surface area contributed by atoms with Crippen molar-refractivity contribution in [2.45, 2.75) is 143 Å². The van der Waals surface area contributed by atoms with Crippen LogP contribution in [-0.4, -0.2) is 72.5 Å². The molecule has 240 valence electrons. The zero-order valence-electron chi connectivity index (χ0n) is 27.8. The van der Waals surface area contributed by atoms with Crippen LogP contribution in [-0.2, 0) is 19.0 Å². The van der Waals surface area contributed by atoms with Crippen molar-refractivity contribution in [1.82, 2.24) is 5.32 Å². The summed E-state index contributed by atoms with van der Waals surface area (Å²) in [5.41, 5.74) is -0.675. The third-order valence-corrected chi connectivity index (χ3v) is 14.8. The molecule has 0 aromatic carbocycles. The summed E-state index contributed by atoms with van der Waals surface area (Å²) in [6.45, 7) is 18.5. The van der Waals surface area contributed by atoms with Crippen LogP contribution in [0.15, 0.2) is 0 Å². The lowest BCUT2D eigenvalue weighted by Crippen LogP contribution is -2.60. The maximum absolute atomic E-state index is 12.5. The third kappa shape index (κ3) is 3.98. The second kappa shape index (κ2) is 9.88. The molecule has 0 amide bonds. The summed E-state index contributed by atoms with van der Waals surface area (Å²) in [6.07, 6.45) is 7.39. The van der Waals surface area contributed by atoms with Gasteiger partial charge < -0.3 is 29.7 Å². The summed E-state index contributed by atoms with van der Waals surface area (Å²) in [5.74, 6) is 1.26. The minimum absolute atomic E-state index is 0.0251. The summed E-state index contributed by atoms with van der Waals surface area (Å²) in [6, 6.07) is 0. The smallest absolute Gasteiger partial charge is 0.303 e. The van der Waals surface area contributed by atoms with Crippen LogP contribution in [0.4, 0.5) is 0 Å². The Morgan fingerprint density at radius 2 is 1.74 bits per heavy atom. The molecule has 1 heterocycles. The first-order valence-electron chi connectivity index (χ1n) is 17.0. The average molecular weight is 590 g/mol. The Kier molecular flexibility index (Phi) is 7.36. The molecule has 6 fully saturated rings. The van der Waals surface area contributed by atoms with E-state index in [1.807, 2.05) is 7.05 Å². The number of nitrogens with one attached hydrogen (secondary N) is 1. The first kappa shape index (κ1) is 31.3. The van der Waals surface area contributed by atoms with Crippen LogP contribution in [0.25, 0.3) is 0 Å². The maximum Gasteiger partial charge on any atom is 0.303 e. The van der Waals surface area contributed by atoms with E-state index in [-0.39, 0.29) is 28.3 Å². The number of aliphatic hydroxyl groups is 2. The van der Waals surface area contributed by atoms with E-state index in [1.54, 1.807) is 13.8 Å². The molecule has 0 radical (unpaired) electrons. The average Bonchev–Trinajstić information content (AvgIpc) is 3.52. The van der Waals surface area contributed by atoms with Gasteiger partial charge in [-0.3, -0.25) is 4.79 Å². The molecule has 0 bridgehead atoms. The molecular formula is C35H59NO6. The first-order valence-corrected chi connectivity index (χ1v) is 17.0. The molecule has 2 spiro atoms. The summed E-state index contributed by atoms with van der Waals surface area (Å²) in [5, 5.41) is 26.7. The number of likely N-dealkylation sites (N-methyl/N-ethyl adjacent to an activating group) is 1. The number of fused-ring (bicyclic) bond motifs is 4. The molecule has 13 atom stereocenters. The number of ether oxygens (including phenoxy) is 3. The van der Waals surface area contributed by atoms with Crippen LogP contribution < -0.4 is 5.32 Å². The fourth-order valence-corrected chi connectivity index (χ4v) is 13.0. The Bertz CT molecular complexity index is 1070. The van der Waals surface area contributed by atoms with Crippen molar-refractivity contribution in [3.05, 3.63) is 0 Å². The van der Waals surface area contributed by atoms with Crippen molar-refractivity contribution in [1.29, 1.82) is 0 Å². The summed E-state index contributed by atoms with van der Waals surface area (Å²) >= 11 is 0. The van der Waals surface area contributed by atoms with E-state index in [0.717, 1.165) is 26.0 Å². The number of rotatable bonds is 7. The maximum atomic E-state index is 12.5. The van der Waals surface area contributed by atoms with Gasteiger partial charge in [0.05, 0.1) is 36.6 Å². The predicted molar refractivity (Wildman–Crippen MR) is 162 cm³/mol. The van der Waals surface area contributed by atoms with Gasteiger partial charge in [-0.05, 0) is 118 Å². The van der Waals surface area contributed by atoms with Crippen molar-refractivity contribution < 1.29 is 29.2 Å². The number of hydrogen-bond acceptors (Lipinski definition) is 7. The van der Waals surface area contributed by atoms with E-state index in [4.69, 9.17) is 14.2 Å². The van der Waals surface area contributed by atoms with Crippen molar-refractivity contribution in [3.63, 3.8) is 0 Å². The highest BCUT2D eigenvalue weighted by molar-refractivity contribution is 5.66. The number of carbonyl (C=O) groups is 1. The van der Waals surface area contributed by atoms with Gasteiger partial charge in [-0.1, -0.05) is 34.6 Å². The highest BCUT2D eigenvalue weighted by Gasteiger charge is 2.84. The van der Waals surface area contributed by atoms with E-state index >= 15 is 0 Å². The van der Waals surface area contributed by atoms with Gasteiger partial charge in [0.15, 0.2) is 6.10 Å². The van der Waals surface area contributed by atoms with Crippen molar-refractivity contribution >= 4 is 5.97 Å². The Labute approximate surface area is 254 Å². The van der Waals surface area contributed by atoms with Gasteiger partial charge in [0.25, 0.3) is 0 Å². The molecule has 6 aliphatic rings. The van der Waals surface area contributed by atoms with E-state index in [9.17, 15) is 15.0 Å². The van der Waals surface area contributed by atoms with Crippen molar-refractivity contribution in [2.75, 3.05) is 20.2 Å². The Morgan fingerprint density at radius 1 is 1.07 bits per heavy atom. The molecule has 0 aromatic heterocycles. The van der Waals surface area contributed by atoms with Crippen LogP contribution >= 0.6 is 0 Å². The van der Waals surface area contributed by atoms with Crippen molar-refractivity contribution in [3.8, 4) is 0 Å². The Morgan fingerprint density at radius 3 is 2.38 bits per heavy atom. The normalized spacial score (nSPS) is 51.3. The third-order valence-electron chi connectivity index (χ3n) is 14.8. The quantitative estimate of drug-likeness (QED) is 0.281. The van der Waals surface area contributed by atoms with Crippen LogP contribution in [0.5, 0.6) is 0 Å². The van der Waals surface area contributed by atoms with Gasteiger partial charge in [-0.25, -0.2) is 0 Å². The Balaban J connectivity index is 1.29. The fourth-order valence-electron chi connectivity index (χ4n) is 13.0. The van der Waals surface area contributed by atoms with Crippen molar-refractivity contribution in [2.24, 2.45) is 50.7 Å². The number of carbonyl (C=O) groups excluding carboxylic acids is 1. The molecule has 1 saturated heterocycles. The molecule has 1 aliphatic heterocycles. The van der Waals surface area contributed by atoms with Gasteiger partial charge >= 0.3 is 5.97 Å². The molecule has 6 rings (SSSR count). The zero-order valence-corrected chi connectivity index (χ0v) is 27.8. The molecule has 7 heteroatoms. The lowest BCUT2D eigenvalue weighted by Gasteiger charge is -2.63. The molecule has 5 saturated carbocycles. The number of aliphatic hydroxyl groups excluding tert-OH is 1. The second-order valence-corrected chi connectivity index (χ2v) is 17.2. The highest BCUT2D eigenvalue weighted by atomic mass is 16.6. The van der Waals surface area contributed by atoms with Gasteiger partial charge in [0.1, 0.15) is 0 Å². The first-order chi connectivity index (χ1) is 19.5. The SMILES string of the molecule is CNCCO[C@H]1CCC23C[C@]24CC[C@]2(C)[C@@H]5C(O[C@@H]([C@H](OC(C)=O)C(C)(C)O)C[C@H]5C)[C@H](O)[C@@]2(C)[C@@H]4CCC3C1(C)C. The monoisotopic (exact) mass is 589 g/mol. The van der Waals surface area contributed by atoms with Gasteiger partial charge in [-0.2, -0.15) is 0 Å². The molecule has 7 nitrogen and oxygen atoms in total. The lowest BCUT2D eigenvalue weighted by atomic mass is 9.41. The number of esters is 1. The van der Waals surface area contributed by atoms with E-state index in [1.165, 1.54) is 39.0 Å². The summed E-state index contributed by atoms with van der Waals surface area (Å²) in [7, 11) is 1.99. The summed E-state index contributed by atoms with van der Waals surface area (Å²) < 4.78 is 19.0. The molecule has 3 unspecified atom stereocenters. The molecule has 42 heavy (non-hydrogen) atoms. The Hall–Kier alpha value is -0.730. The van der Waals surface area contributed by atoms with Gasteiger partial charge in [-0.15, -0.1) is 0 Å². The molecule has 0 aromatic rings. The molecular weight excluding hydrogens is 530 g/mol. The van der Waals surface area contributed by atoms with Crippen LogP contribution in [0, 0.1) is 50.7 Å². The van der Waals surface area contributed by atoms with E-state index in [0.29, 0.717) is 41.1 Å². The predicted octanol–water partition coefficient (Wildman–Crippen LogP) is 5.11. The minimum Gasteiger partial charge on any atom is -0.457 e. The second-order valence-electron chi connectivity index (χ2n) is 17.2.